The van der Waals surface area contributed by atoms with Gasteiger partial charge in [0.25, 0.3) is 5.91 Å². The van der Waals surface area contributed by atoms with E-state index in [4.69, 9.17) is 0 Å². The fraction of sp³-hybridized carbons (Fsp3) is 0.316. The zero-order valence-electron chi connectivity index (χ0n) is 13.7. The van der Waals surface area contributed by atoms with Gasteiger partial charge in [-0.15, -0.1) is 0 Å². The molecule has 2 aromatic carbocycles. The molecule has 1 fully saturated rings. The molecule has 0 saturated carbocycles. The molecule has 0 radical (unpaired) electrons. The Bertz CT molecular complexity index is 682. The minimum Gasteiger partial charge on any atom is -0.381 e. The maximum absolute atomic E-state index is 12.2. The van der Waals surface area contributed by atoms with Crippen molar-refractivity contribution in [1.29, 1.82) is 0 Å². The molecule has 0 bridgehead atoms. The van der Waals surface area contributed by atoms with Crippen LogP contribution in [0.1, 0.15) is 30.1 Å². The number of carbonyl (C=O) groups is 1. The Morgan fingerprint density at radius 2 is 1.65 bits per heavy atom. The first-order chi connectivity index (χ1) is 11.0. The number of aliphatic hydroxyl groups excluding tert-OH is 1. The van der Waals surface area contributed by atoms with Crippen LogP contribution in [0.25, 0.3) is 0 Å². The molecule has 1 amide bonds. The van der Waals surface area contributed by atoms with Gasteiger partial charge in [-0.1, -0.05) is 42.5 Å². The quantitative estimate of drug-likeness (QED) is 0.883. The smallest absolute Gasteiger partial charge is 0.255 e. The number of hydrogen-bond acceptors (Lipinski definition) is 3. The maximum Gasteiger partial charge on any atom is 0.255 e. The molecule has 120 valence electrons. The van der Waals surface area contributed by atoms with Crippen molar-refractivity contribution in [2.45, 2.75) is 25.1 Å². The summed E-state index contributed by atoms with van der Waals surface area (Å²) in [7, 11) is 3.97. The predicted molar refractivity (Wildman–Crippen MR) is 91.2 cm³/mol. The molecule has 1 heterocycles. The van der Waals surface area contributed by atoms with Crippen LogP contribution in [0.15, 0.2) is 54.6 Å². The van der Waals surface area contributed by atoms with Gasteiger partial charge in [0.2, 0.25) is 0 Å². The van der Waals surface area contributed by atoms with Crippen molar-refractivity contribution in [3.05, 3.63) is 65.7 Å². The van der Waals surface area contributed by atoms with Crippen LogP contribution in [0.3, 0.4) is 0 Å². The monoisotopic (exact) mass is 310 g/mol. The van der Waals surface area contributed by atoms with Crippen LogP contribution in [-0.2, 0) is 4.79 Å². The second-order valence-corrected chi connectivity index (χ2v) is 6.21. The standard InChI is InChI=1S/C19H22N2O2/c1-13(14-7-5-4-6-8-14)21-17(18(22)19(21)23)15-9-11-16(12-10-15)20(2)3/h4-13,17-18,22H,1-3H3/t13?,17-,18+/m0/s1. The first-order valence-electron chi connectivity index (χ1n) is 7.83. The Balaban J connectivity index is 1.87. The fourth-order valence-electron chi connectivity index (χ4n) is 3.13. The molecule has 0 aliphatic carbocycles. The second-order valence-electron chi connectivity index (χ2n) is 6.21. The van der Waals surface area contributed by atoms with E-state index in [1.54, 1.807) is 4.90 Å². The van der Waals surface area contributed by atoms with Crippen molar-refractivity contribution >= 4 is 11.6 Å². The summed E-state index contributed by atoms with van der Waals surface area (Å²) in [4.78, 5) is 16.0. The topological polar surface area (TPSA) is 43.8 Å². The van der Waals surface area contributed by atoms with E-state index in [0.29, 0.717) is 0 Å². The lowest BCUT2D eigenvalue weighted by Crippen LogP contribution is -2.59. The lowest BCUT2D eigenvalue weighted by Gasteiger charge is -2.48. The van der Waals surface area contributed by atoms with Gasteiger partial charge in [0.15, 0.2) is 6.10 Å². The minimum absolute atomic E-state index is 0.0642. The summed E-state index contributed by atoms with van der Waals surface area (Å²) in [5, 5.41) is 10.2. The number of nitrogens with zero attached hydrogens (tertiary/aromatic N) is 2. The highest BCUT2D eigenvalue weighted by Gasteiger charge is 2.49. The number of carbonyl (C=O) groups excluding carboxylic acids is 1. The average molecular weight is 310 g/mol. The van der Waals surface area contributed by atoms with Gasteiger partial charge in [-0.05, 0) is 30.2 Å². The molecular formula is C19H22N2O2. The number of amides is 1. The molecule has 23 heavy (non-hydrogen) atoms. The number of rotatable bonds is 4. The largest absolute Gasteiger partial charge is 0.381 e. The lowest BCUT2D eigenvalue weighted by atomic mass is 9.87. The zero-order valence-corrected chi connectivity index (χ0v) is 13.7. The van der Waals surface area contributed by atoms with E-state index in [2.05, 4.69) is 0 Å². The van der Waals surface area contributed by atoms with E-state index >= 15 is 0 Å². The molecule has 0 spiro atoms. The number of benzene rings is 2. The predicted octanol–water partition coefficient (Wildman–Crippen LogP) is 2.76. The van der Waals surface area contributed by atoms with Gasteiger partial charge in [-0.25, -0.2) is 0 Å². The summed E-state index contributed by atoms with van der Waals surface area (Å²) in [6.45, 7) is 2.00. The van der Waals surface area contributed by atoms with Gasteiger partial charge in [-0.2, -0.15) is 0 Å². The Labute approximate surface area is 137 Å². The molecule has 1 N–H and O–H groups in total. The highest BCUT2D eigenvalue weighted by molar-refractivity contribution is 5.89. The molecule has 2 aromatic rings. The summed E-state index contributed by atoms with van der Waals surface area (Å²) in [6.07, 6.45) is -0.952. The average Bonchev–Trinajstić information content (AvgIpc) is 2.59. The molecule has 1 aliphatic heterocycles. The summed E-state index contributed by atoms with van der Waals surface area (Å²) in [6, 6.07) is 17.6. The van der Waals surface area contributed by atoms with Crippen molar-refractivity contribution in [3.8, 4) is 0 Å². The van der Waals surface area contributed by atoms with Crippen LogP contribution in [0, 0.1) is 0 Å². The van der Waals surface area contributed by atoms with Crippen molar-refractivity contribution < 1.29 is 9.90 Å². The minimum atomic E-state index is -0.952. The van der Waals surface area contributed by atoms with Crippen LogP contribution in [0.4, 0.5) is 5.69 Å². The third-order valence-corrected chi connectivity index (χ3v) is 4.56. The molecule has 3 rings (SSSR count). The van der Waals surface area contributed by atoms with Crippen LogP contribution in [0.2, 0.25) is 0 Å². The molecule has 4 nitrogen and oxygen atoms in total. The highest BCUT2D eigenvalue weighted by atomic mass is 16.3. The normalized spacial score (nSPS) is 21.7. The highest BCUT2D eigenvalue weighted by Crippen LogP contribution is 2.41. The van der Waals surface area contributed by atoms with Gasteiger partial charge >= 0.3 is 0 Å². The molecule has 1 aliphatic rings. The summed E-state index contributed by atoms with van der Waals surface area (Å²) < 4.78 is 0. The number of hydrogen-bond donors (Lipinski definition) is 1. The zero-order chi connectivity index (χ0) is 16.6. The van der Waals surface area contributed by atoms with E-state index in [9.17, 15) is 9.90 Å². The van der Waals surface area contributed by atoms with E-state index in [0.717, 1.165) is 16.8 Å². The van der Waals surface area contributed by atoms with Crippen molar-refractivity contribution in [2.75, 3.05) is 19.0 Å². The Kier molecular flexibility index (Phi) is 4.09. The molecule has 1 unspecified atom stereocenters. The lowest BCUT2D eigenvalue weighted by molar-refractivity contribution is -0.172. The van der Waals surface area contributed by atoms with Crippen LogP contribution >= 0.6 is 0 Å². The first kappa shape index (κ1) is 15.6. The van der Waals surface area contributed by atoms with Gasteiger partial charge in [0.05, 0.1) is 12.1 Å². The van der Waals surface area contributed by atoms with E-state index in [1.807, 2.05) is 80.5 Å². The fourth-order valence-corrected chi connectivity index (χ4v) is 3.13. The molecule has 3 atom stereocenters. The van der Waals surface area contributed by atoms with Gasteiger partial charge in [-0.3, -0.25) is 4.79 Å². The third-order valence-electron chi connectivity index (χ3n) is 4.56. The molecule has 0 aromatic heterocycles. The Morgan fingerprint density at radius 3 is 2.22 bits per heavy atom. The molecular weight excluding hydrogens is 288 g/mol. The SMILES string of the molecule is CC(c1ccccc1)N1C(=O)[C@H](O)[C@@H]1c1ccc(N(C)C)cc1. The van der Waals surface area contributed by atoms with Crippen LogP contribution in [0.5, 0.6) is 0 Å². The van der Waals surface area contributed by atoms with Crippen molar-refractivity contribution in [1.82, 2.24) is 4.90 Å². The summed E-state index contributed by atoms with van der Waals surface area (Å²) in [5.74, 6) is -0.206. The third kappa shape index (κ3) is 2.70. The van der Waals surface area contributed by atoms with Crippen LogP contribution in [-0.4, -0.2) is 36.1 Å². The molecule has 1 saturated heterocycles. The summed E-state index contributed by atoms with van der Waals surface area (Å²) >= 11 is 0. The Morgan fingerprint density at radius 1 is 1.04 bits per heavy atom. The second kappa shape index (κ2) is 6.05. The molecule has 4 heteroatoms. The van der Waals surface area contributed by atoms with Crippen molar-refractivity contribution in [3.63, 3.8) is 0 Å². The Hall–Kier alpha value is -2.33. The number of β-lactam (4-membered cyclic amide) rings is 1. The van der Waals surface area contributed by atoms with Gasteiger partial charge < -0.3 is 14.9 Å². The van der Waals surface area contributed by atoms with E-state index in [1.165, 1.54) is 0 Å². The van der Waals surface area contributed by atoms with E-state index < -0.39 is 6.10 Å². The number of anilines is 1. The van der Waals surface area contributed by atoms with E-state index in [-0.39, 0.29) is 18.0 Å². The van der Waals surface area contributed by atoms with Crippen molar-refractivity contribution in [2.24, 2.45) is 0 Å². The number of likely N-dealkylation sites (tertiary alicyclic amines) is 1. The van der Waals surface area contributed by atoms with Gasteiger partial charge in [0, 0.05) is 19.8 Å². The van der Waals surface area contributed by atoms with Crippen LogP contribution < -0.4 is 4.90 Å². The first-order valence-corrected chi connectivity index (χ1v) is 7.83. The summed E-state index contributed by atoms with van der Waals surface area (Å²) in [5.41, 5.74) is 3.13. The number of aliphatic hydroxyl groups is 1. The maximum atomic E-state index is 12.2. The van der Waals surface area contributed by atoms with Gasteiger partial charge in [0.1, 0.15) is 0 Å².